The van der Waals surface area contributed by atoms with Crippen LogP contribution < -0.4 is 11.1 Å². The van der Waals surface area contributed by atoms with Crippen molar-refractivity contribution >= 4 is 50.5 Å². The fourth-order valence-electron chi connectivity index (χ4n) is 3.92. The summed E-state index contributed by atoms with van der Waals surface area (Å²) in [7, 11) is -4.72. The van der Waals surface area contributed by atoms with Gasteiger partial charge in [0.05, 0.1) is 13.1 Å². The van der Waals surface area contributed by atoms with E-state index in [9.17, 15) is 32.5 Å². The van der Waals surface area contributed by atoms with Crippen LogP contribution in [0, 0.1) is 0 Å². The number of oxime groups is 1. The van der Waals surface area contributed by atoms with Crippen LogP contribution in [0.4, 0.5) is 9.93 Å². The van der Waals surface area contributed by atoms with E-state index in [1.807, 2.05) is 0 Å². The Kier molecular flexibility index (Phi) is 4.99. The Labute approximate surface area is 195 Å². The van der Waals surface area contributed by atoms with E-state index < -0.39 is 51.9 Å². The smallest absolute Gasteiger partial charge is 0.410 e. The highest BCUT2D eigenvalue weighted by molar-refractivity contribution is 7.83. The molecule has 1 aliphatic carbocycles. The molecule has 34 heavy (non-hydrogen) atoms. The number of carboxylic acids is 1. The number of ether oxygens (including phenoxy) is 2. The van der Waals surface area contributed by atoms with Gasteiger partial charge in [-0.3, -0.25) is 9.35 Å². The number of hydrogen-bond donors (Lipinski definition) is 4. The van der Waals surface area contributed by atoms with E-state index in [1.165, 1.54) is 10.3 Å². The van der Waals surface area contributed by atoms with Crippen molar-refractivity contribution in [2.75, 3.05) is 25.4 Å². The van der Waals surface area contributed by atoms with Crippen molar-refractivity contribution in [3.05, 3.63) is 11.1 Å². The molecule has 16 nitrogen and oxygen atoms in total. The predicted molar refractivity (Wildman–Crippen MR) is 110 cm³/mol. The van der Waals surface area contributed by atoms with Crippen LogP contribution in [-0.2, 0) is 34.2 Å². The minimum atomic E-state index is -4.72. The normalized spacial score (nSPS) is 29.6. The quantitative estimate of drug-likeness (QED) is 0.161. The topological polar surface area (TPSA) is 223 Å². The molecule has 6 rings (SSSR count). The zero-order chi connectivity index (χ0) is 24.5. The predicted octanol–water partition coefficient (Wildman–Crippen LogP) is -1.83. The van der Waals surface area contributed by atoms with E-state index in [-0.39, 0.29) is 49.1 Å². The van der Waals surface area contributed by atoms with Crippen LogP contribution >= 0.6 is 11.3 Å². The molecule has 18 heteroatoms. The summed E-state index contributed by atoms with van der Waals surface area (Å²) in [5, 5.41) is 17.1. The summed E-state index contributed by atoms with van der Waals surface area (Å²) in [6, 6.07) is -0.981. The minimum Gasteiger partial charge on any atom is -0.478 e. The lowest BCUT2D eigenvalue weighted by atomic mass is 9.84. The summed E-state index contributed by atoms with van der Waals surface area (Å²) in [5.74, 6) is -2.11. The molecule has 2 amide bonds. The van der Waals surface area contributed by atoms with Gasteiger partial charge in [-0.15, -0.1) is 15.6 Å². The second-order valence-corrected chi connectivity index (χ2v) is 10.2. The number of nitrogen functional groups attached to an aromatic ring is 1. The monoisotopic (exact) mass is 518 g/mol. The number of anilines is 1. The molecule has 5 fully saturated rings. The number of aromatic nitrogens is 1. The first-order valence-corrected chi connectivity index (χ1v) is 12.1. The minimum absolute atomic E-state index is 0.0129. The third-order valence-electron chi connectivity index (χ3n) is 5.88. The van der Waals surface area contributed by atoms with Gasteiger partial charge in [-0.1, -0.05) is 5.16 Å². The van der Waals surface area contributed by atoms with Gasteiger partial charge in [-0.2, -0.15) is 8.42 Å². The van der Waals surface area contributed by atoms with E-state index in [4.69, 9.17) is 20.0 Å². The summed E-state index contributed by atoms with van der Waals surface area (Å²) in [5.41, 5.74) is 1.96. The molecule has 5 heterocycles. The first kappa shape index (κ1) is 22.7. The van der Waals surface area contributed by atoms with Crippen molar-refractivity contribution in [3.8, 4) is 0 Å². The molecule has 1 aromatic heterocycles. The molecule has 0 spiro atoms. The number of nitrogens with two attached hydrogens (primary N) is 1. The molecule has 3 atom stereocenters. The van der Waals surface area contributed by atoms with E-state index in [0.29, 0.717) is 4.31 Å². The highest BCUT2D eigenvalue weighted by atomic mass is 32.2. The second-order valence-electron chi connectivity index (χ2n) is 8.02. The van der Waals surface area contributed by atoms with Gasteiger partial charge in [0.2, 0.25) is 5.60 Å². The number of carbonyl (C=O) groups excluding carboxylic acids is 2. The first-order chi connectivity index (χ1) is 16.0. The van der Waals surface area contributed by atoms with E-state index >= 15 is 0 Å². The number of cyclic esters (lactones) is 1. The number of thiazole rings is 1. The molecule has 0 radical (unpaired) electrons. The Morgan fingerprint density at radius 1 is 1.44 bits per heavy atom. The fraction of sp³-hybridized carbons (Fsp3) is 0.562. The number of carbonyl (C=O) groups is 3. The van der Waals surface area contributed by atoms with Crippen molar-refractivity contribution in [2.45, 2.75) is 36.4 Å². The zero-order valence-corrected chi connectivity index (χ0v) is 18.7. The zero-order valence-electron chi connectivity index (χ0n) is 17.1. The lowest BCUT2D eigenvalue weighted by Gasteiger charge is -2.71. The van der Waals surface area contributed by atoms with Gasteiger partial charge in [-0.25, -0.2) is 14.6 Å². The Bertz CT molecular complexity index is 1210. The van der Waals surface area contributed by atoms with Gasteiger partial charge >= 0.3 is 22.4 Å². The Morgan fingerprint density at radius 3 is 2.68 bits per heavy atom. The lowest BCUT2D eigenvalue weighted by molar-refractivity contribution is -0.444. The highest BCUT2D eigenvalue weighted by Gasteiger charge is 2.80. The van der Waals surface area contributed by atoms with Crippen LogP contribution in [0.1, 0.15) is 18.5 Å². The molecule has 4 aliphatic heterocycles. The Balaban J connectivity index is 1.38. The lowest BCUT2D eigenvalue weighted by Crippen LogP contribution is -2.96. The van der Waals surface area contributed by atoms with Gasteiger partial charge in [0.25, 0.3) is 5.91 Å². The average molecular weight is 518 g/mol. The molecule has 2 bridgehead atoms. The van der Waals surface area contributed by atoms with E-state index in [1.54, 1.807) is 0 Å². The number of hydrogen-bond acceptors (Lipinski definition) is 12. The van der Waals surface area contributed by atoms with Crippen molar-refractivity contribution in [1.29, 1.82) is 0 Å². The largest absolute Gasteiger partial charge is 0.478 e. The summed E-state index contributed by atoms with van der Waals surface area (Å²) < 4.78 is 44.1. The first-order valence-electron chi connectivity index (χ1n) is 9.85. The standard InChI is InChI=1S/C16H18N6O10S2/c17-13-18-7(5-33-13)8(20-32-15(1-2-15)12(24)25)10(23)19-9-11-22(34(27,28)29)16(9,31-11)6-21-3-4-30-14(21)26/h5,9,11H,1-4,6H2,(H2,17,18)(H,19,23)(H,24,25)(H,27,28,29)/b20-8-/t9-,11?,16?/m0/s1. The highest BCUT2D eigenvalue weighted by Crippen LogP contribution is 2.54. The maximum atomic E-state index is 13.1. The molecule has 5 N–H and O–H groups in total. The van der Waals surface area contributed by atoms with Gasteiger partial charge in [0.1, 0.15) is 18.3 Å². The molecular weight excluding hydrogens is 500 g/mol. The number of carboxylic acid groups (broad SMARTS) is 1. The third-order valence-corrected chi connectivity index (χ3v) is 7.57. The van der Waals surface area contributed by atoms with Crippen LogP contribution in [-0.4, -0.2) is 99.2 Å². The SMILES string of the molecule is Nc1nc(/C(=N/OC2(C(=O)O)CC2)C(=O)N[C@H]2C3OC2(CN2CCOC2=O)N3S(=O)(=O)O)cs1. The fourth-order valence-corrected chi connectivity index (χ4v) is 5.50. The Morgan fingerprint density at radius 2 is 2.18 bits per heavy atom. The van der Waals surface area contributed by atoms with Crippen molar-refractivity contribution in [2.24, 2.45) is 5.16 Å². The summed E-state index contributed by atoms with van der Waals surface area (Å²) >= 11 is 1.01. The van der Waals surface area contributed by atoms with Gasteiger partial charge < -0.3 is 35.4 Å². The maximum Gasteiger partial charge on any atom is 0.410 e. The molecule has 5 aliphatic rings. The van der Waals surface area contributed by atoms with E-state index in [0.717, 1.165) is 11.3 Å². The maximum absolute atomic E-state index is 13.1. The summed E-state index contributed by atoms with van der Waals surface area (Å²) in [6.45, 7) is -0.0711. The number of aliphatic carboxylic acids is 1. The van der Waals surface area contributed by atoms with Gasteiger partial charge in [-0.05, 0) is 0 Å². The Hall–Kier alpha value is -3.06. The molecule has 4 saturated heterocycles. The molecule has 184 valence electrons. The van der Waals surface area contributed by atoms with Crippen LogP contribution in [0.25, 0.3) is 0 Å². The van der Waals surface area contributed by atoms with Crippen molar-refractivity contribution in [3.63, 3.8) is 0 Å². The number of rotatable bonds is 9. The van der Waals surface area contributed by atoms with Crippen molar-refractivity contribution < 1.29 is 46.8 Å². The van der Waals surface area contributed by atoms with Gasteiger partial charge in [0, 0.05) is 18.2 Å². The number of nitrogens with one attached hydrogen (secondary N) is 1. The average Bonchev–Trinajstić information content (AvgIpc) is 3.23. The van der Waals surface area contributed by atoms with Crippen LogP contribution in [0.15, 0.2) is 10.5 Å². The van der Waals surface area contributed by atoms with Crippen LogP contribution in [0.3, 0.4) is 0 Å². The molecular formula is C16H18N6O10S2. The molecule has 1 aromatic rings. The van der Waals surface area contributed by atoms with Crippen molar-refractivity contribution in [1.82, 2.24) is 19.5 Å². The van der Waals surface area contributed by atoms with E-state index in [2.05, 4.69) is 15.5 Å². The number of nitrogens with zero attached hydrogens (tertiary/aromatic N) is 4. The van der Waals surface area contributed by atoms with Crippen LogP contribution in [0.5, 0.6) is 0 Å². The summed E-state index contributed by atoms with van der Waals surface area (Å²) in [4.78, 5) is 46.6. The molecule has 0 aromatic carbocycles. The van der Waals surface area contributed by atoms with Crippen LogP contribution in [0.2, 0.25) is 0 Å². The molecule has 1 saturated carbocycles. The number of amides is 2. The summed E-state index contributed by atoms with van der Waals surface area (Å²) in [6.07, 6.45) is -1.52. The molecule has 2 unspecified atom stereocenters. The van der Waals surface area contributed by atoms with Gasteiger partial charge in [0.15, 0.2) is 22.8 Å². The second kappa shape index (κ2) is 7.47. The third kappa shape index (κ3) is 3.45.